The lowest BCUT2D eigenvalue weighted by atomic mass is 10.0. The van der Waals surface area contributed by atoms with Crippen molar-refractivity contribution in [3.63, 3.8) is 0 Å². The summed E-state index contributed by atoms with van der Waals surface area (Å²) in [7, 11) is 1.98. The maximum atomic E-state index is 14.2. The Kier molecular flexibility index (Phi) is 11.6. The minimum absolute atomic E-state index is 0. The highest BCUT2D eigenvalue weighted by Gasteiger charge is 2.28. The molecule has 1 aliphatic heterocycles. The largest absolute Gasteiger partial charge is 0.354 e. The molecule has 0 radical (unpaired) electrons. The van der Waals surface area contributed by atoms with Crippen molar-refractivity contribution < 1.29 is 17.2 Å². The summed E-state index contributed by atoms with van der Waals surface area (Å²) < 4.78 is 54.4. The molecule has 1 fully saturated rings. The Morgan fingerprint density at radius 2 is 1.84 bits per heavy atom. The van der Waals surface area contributed by atoms with Crippen LogP contribution in [0.15, 0.2) is 23.2 Å². The molecule has 0 aliphatic carbocycles. The standard InChI is InChI=1S/C20H33F2N5O2S.HI/c1-5-13-30(28,29)27-11-9-15(10-12-27)25-20(23-2)24-14-18(26(3)4)19-16(21)7-6-8-17(19)22;/h6-8,15,18H,5,9-14H2,1-4H3,(H2,23,24,25);1H. The van der Waals surface area contributed by atoms with Gasteiger partial charge in [0, 0.05) is 38.3 Å². The van der Waals surface area contributed by atoms with Crippen molar-refractivity contribution in [2.45, 2.75) is 38.3 Å². The van der Waals surface area contributed by atoms with E-state index in [1.54, 1.807) is 30.3 Å². The maximum absolute atomic E-state index is 14.2. The third kappa shape index (κ3) is 7.79. The lowest BCUT2D eigenvalue weighted by Crippen LogP contribution is -2.51. The number of likely N-dealkylation sites (N-methyl/N-ethyl adjacent to an activating group) is 1. The fourth-order valence-electron chi connectivity index (χ4n) is 3.62. The SMILES string of the molecule is CCCS(=O)(=O)N1CCC(NC(=NC)NCC(c2c(F)cccc2F)N(C)C)CC1.I. The molecule has 11 heteroatoms. The minimum atomic E-state index is -3.18. The van der Waals surface area contributed by atoms with Crippen LogP contribution in [0.2, 0.25) is 0 Å². The van der Waals surface area contributed by atoms with Crippen LogP contribution in [0.5, 0.6) is 0 Å². The van der Waals surface area contributed by atoms with Gasteiger partial charge in [0.2, 0.25) is 10.0 Å². The predicted octanol–water partition coefficient (Wildman–Crippen LogP) is 2.55. The van der Waals surface area contributed by atoms with Gasteiger partial charge in [-0.15, -0.1) is 24.0 Å². The van der Waals surface area contributed by atoms with Gasteiger partial charge in [-0.05, 0) is 45.5 Å². The first kappa shape index (κ1) is 28.0. The number of hydrogen-bond donors (Lipinski definition) is 2. The molecular weight excluding hydrogens is 539 g/mol. The fraction of sp³-hybridized carbons (Fsp3) is 0.650. The molecule has 31 heavy (non-hydrogen) atoms. The Bertz CT molecular complexity index is 811. The molecule has 1 aliphatic rings. The summed E-state index contributed by atoms with van der Waals surface area (Å²) >= 11 is 0. The molecule has 1 aromatic rings. The van der Waals surface area contributed by atoms with Crippen LogP contribution in [-0.2, 0) is 10.0 Å². The maximum Gasteiger partial charge on any atom is 0.214 e. The first-order valence-corrected chi connectivity index (χ1v) is 11.9. The smallest absolute Gasteiger partial charge is 0.214 e. The third-order valence-corrected chi connectivity index (χ3v) is 7.37. The van der Waals surface area contributed by atoms with Gasteiger partial charge < -0.3 is 15.5 Å². The summed E-state index contributed by atoms with van der Waals surface area (Å²) in [4.78, 5) is 5.95. The van der Waals surface area contributed by atoms with Gasteiger partial charge in [0.15, 0.2) is 5.96 Å². The van der Waals surface area contributed by atoms with E-state index in [0.29, 0.717) is 38.3 Å². The molecule has 1 aromatic carbocycles. The second-order valence-corrected chi connectivity index (χ2v) is 9.79. The Morgan fingerprint density at radius 3 is 2.32 bits per heavy atom. The summed E-state index contributed by atoms with van der Waals surface area (Å²) in [5, 5.41) is 6.44. The summed E-state index contributed by atoms with van der Waals surface area (Å²) in [5.74, 6) is -0.473. The van der Waals surface area contributed by atoms with Crippen molar-refractivity contribution >= 4 is 40.0 Å². The van der Waals surface area contributed by atoms with E-state index in [1.807, 2.05) is 6.92 Å². The molecule has 0 spiro atoms. The van der Waals surface area contributed by atoms with Crippen LogP contribution >= 0.6 is 24.0 Å². The summed E-state index contributed by atoms with van der Waals surface area (Å²) in [5.41, 5.74) is 0.0138. The van der Waals surface area contributed by atoms with Crippen molar-refractivity contribution in [1.82, 2.24) is 19.8 Å². The average Bonchev–Trinajstić information content (AvgIpc) is 2.69. The van der Waals surface area contributed by atoms with Crippen LogP contribution in [-0.4, -0.2) is 76.2 Å². The van der Waals surface area contributed by atoms with E-state index >= 15 is 0 Å². The number of piperidine rings is 1. The van der Waals surface area contributed by atoms with E-state index < -0.39 is 27.7 Å². The highest BCUT2D eigenvalue weighted by molar-refractivity contribution is 14.0. The first-order valence-electron chi connectivity index (χ1n) is 10.2. The van der Waals surface area contributed by atoms with Gasteiger partial charge >= 0.3 is 0 Å². The van der Waals surface area contributed by atoms with Crippen molar-refractivity contribution in [3.8, 4) is 0 Å². The zero-order valence-electron chi connectivity index (χ0n) is 18.6. The van der Waals surface area contributed by atoms with E-state index in [-0.39, 0.29) is 47.9 Å². The zero-order valence-corrected chi connectivity index (χ0v) is 21.7. The Hall–Kier alpha value is -1.05. The summed E-state index contributed by atoms with van der Waals surface area (Å²) in [6.45, 7) is 3.06. The number of guanidine groups is 1. The quantitative estimate of drug-likeness (QED) is 0.284. The fourth-order valence-corrected chi connectivity index (χ4v) is 5.16. The van der Waals surface area contributed by atoms with Crippen LogP contribution in [0.4, 0.5) is 8.78 Å². The van der Waals surface area contributed by atoms with Gasteiger partial charge in [0.1, 0.15) is 11.6 Å². The van der Waals surface area contributed by atoms with Crippen molar-refractivity contribution in [2.75, 3.05) is 46.5 Å². The molecule has 0 aromatic heterocycles. The van der Waals surface area contributed by atoms with E-state index in [2.05, 4.69) is 15.6 Å². The van der Waals surface area contributed by atoms with Gasteiger partial charge in [-0.25, -0.2) is 21.5 Å². The lowest BCUT2D eigenvalue weighted by molar-refractivity contribution is 0.280. The number of aliphatic imine (C=N–C) groups is 1. The predicted molar refractivity (Wildman–Crippen MR) is 131 cm³/mol. The first-order chi connectivity index (χ1) is 14.2. The van der Waals surface area contributed by atoms with Gasteiger partial charge in [0.25, 0.3) is 0 Å². The number of rotatable bonds is 8. The molecule has 1 heterocycles. The minimum Gasteiger partial charge on any atom is -0.354 e. The van der Waals surface area contributed by atoms with E-state index in [9.17, 15) is 17.2 Å². The molecule has 7 nitrogen and oxygen atoms in total. The van der Waals surface area contributed by atoms with Crippen LogP contribution in [0, 0.1) is 11.6 Å². The van der Waals surface area contributed by atoms with Crippen LogP contribution < -0.4 is 10.6 Å². The Morgan fingerprint density at radius 1 is 1.26 bits per heavy atom. The van der Waals surface area contributed by atoms with E-state index in [0.717, 1.165) is 0 Å². The van der Waals surface area contributed by atoms with Gasteiger partial charge in [0.05, 0.1) is 11.8 Å². The monoisotopic (exact) mass is 573 g/mol. The second kappa shape index (κ2) is 12.9. The van der Waals surface area contributed by atoms with Crippen LogP contribution in [0.3, 0.4) is 0 Å². The lowest BCUT2D eigenvalue weighted by Gasteiger charge is -2.33. The highest BCUT2D eigenvalue weighted by Crippen LogP contribution is 2.24. The zero-order chi connectivity index (χ0) is 22.3. The number of nitrogens with one attached hydrogen (secondary N) is 2. The second-order valence-electron chi connectivity index (χ2n) is 7.70. The molecule has 0 bridgehead atoms. The molecule has 2 rings (SSSR count). The van der Waals surface area contributed by atoms with Gasteiger partial charge in [-0.2, -0.15) is 0 Å². The van der Waals surface area contributed by atoms with Crippen LogP contribution in [0.25, 0.3) is 0 Å². The number of hydrogen-bond acceptors (Lipinski definition) is 4. The molecule has 178 valence electrons. The normalized spacial score (nSPS) is 17.3. The van der Waals surface area contributed by atoms with Crippen molar-refractivity contribution in [3.05, 3.63) is 35.4 Å². The molecule has 0 amide bonds. The van der Waals surface area contributed by atoms with Crippen molar-refractivity contribution in [1.29, 1.82) is 0 Å². The van der Waals surface area contributed by atoms with E-state index in [1.165, 1.54) is 18.2 Å². The number of nitrogens with zero attached hydrogens (tertiary/aromatic N) is 3. The Balaban J connectivity index is 0.00000480. The molecule has 1 unspecified atom stereocenters. The Labute approximate surface area is 201 Å². The third-order valence-electron chi connectivity index (χ3n) is 5.29. The molecule has 1 saturated heterocycles. The number of benzene rings is 1. The topological polar surface area (TPSA) is 77.0 Å². The summed E-state index contributed by atoms with van der Waals surface area (Å²) in [6.07, 6.45) is 1.94. The van der Waals surface area contributed by atoms with Gasteiger partial charge in [-0.1, -0.05) is 13.0 Å². The van der Waals surface area contributed by atoms with E-state index in [4.69, 9.17) is 0 Å². The summed E-state index contributed by atoms with van der Waals surface area (Å²) in [6, 6.07) is 3.41. The molecular formula is C20H34F2IN5O2S. The van der Waals surface area contributed by atoms with Crippen LogP contribution in [0.1, 0.15) is 37.8 Å². The number of sulfonamides is 1. The molecule has 1 atom stereocenters. The highest BCUT2D eigenvalue weighted by atomic mass is 127. The average molecular weight is 573 g/mol. The molecule has 2 N–H and O–H groups in total. The van der Waals surface area contributed by atoms with Crippen molar-refractivity contribution in [2.24, 2.45) is 4.99 Å². The molecule has 0 saturated carbocycles. The van der Waals surface area contributed by atoms with Gasteiger partial charge in [-0.3, -0.25) is 4.99 Å². The number of halogens is 3.